The Kier molecular flexibility index (Phi) is 10.00. The van der Waals surface area contributed by atoms with Gasteiger partial charge in [0.25, 0.3) is 5.85 Å². The summed E-state index contributed by atoms with van der Waals surface area (Å²) in [6.45, 7) is -3.26. The first-order valence-electron chi connectivity index (χ1n) is 11.0. The molecule has 0 aromatic rings. The van der Waals surface area contributed by atoms with E-state index in [4.69, 9.17) is 4.55 Å². The van der Waals surface area contributed by atoms with Gasteiger partial charge in [0.1, 0.15) is 5.60 Å². The molecular weight excluding hydrogens is 675 g/mol. The molecule has 0 heterocycles. The Bertz CT molecular complexity index is 1140. The van der Waals surface area contributed by atoms with Gasteiger partial charge in [0, 0.05) is 12.3 Å². The van der Waals surface area contributed by atoms with E-state index >= 15 is 26.3 Å². The summed E-state index contributed by atoms with van der Waals surface area (Å²) < 4.78 is 280. The molecule has 260 valence electrons. The molecule has 0 spiro atoms. The molecule has 0 aliphatic rings. The standard InChI is InChI=1S/C20H25F17O5S/c1-9(2,3)14(24,25)15(26,27)10(4,5)16(28,12(8,21)22)42-18(32,33)13(23,17(29,30)31)11(6,7)41-19(34,35)20(36,37)43(38,39)40/h1-8H3,(H,38,39,40). The fourth-order valence-corrected chi connectivity index (χ4v) is 3.88. The third kappa shape index (κ3) is 5.99. The fraction of sp³-hybridized carbons (Fsp3) is 1.00. The van der Waals surface area contributed by atoms with E-state index in [-0.39, 0.29) is 0 Å². The van der Waals surface area contributed by atoms with E-state index in [0.29, 0.717) is 20.8 Å². The summed E-state index contributed by atoms with van der Waals surface area (Å²) in [6.07, 6.45) is -22.3. The third-order valence-corrected chi connectivity index (χ3v) is 7.31. The van der Waals surface area contributed by atoms with Gasteiger partial charge < -0.3 is 4.74 Å². The van der Waals surface area contributed by atoms with Crippen LogP contribution in [0.5, 0.6) is 0 Å². The summed E-state index contributed by atoms with van der Waals surface area (Å²) in [5.74, 6) is -24.5. The van der Waals surface area contributed by atoms with E-state index in [9.17, 15) is 56.7 Å². The molecule has 2 atom stereocenters. The Balaban J connectivity index is 7.65. The van der Waals surface area contributed by atoms with Crippen LogP contribution in [0.3, 0.4) is 0 Å². The maximum Gasteiger partial charge on any atom is 0.459 e. The van der Waals surface area contributed by atoms with Crippen LogP contribution in [-0.4, -0.2) is 71.5 Å². The fourth-order valence-electron chi connectivity index (χ4n) is 3.54. The largest absolute Gasteiger partial charge is 0.459 e. The quantitative estimate of drug-likeness (QED) is 0.164. The van der Waals surface area contributed by atoms with E-state index < -0.39 is 114 Å². The first-order valence-corrected chi connectivity index (χ1v) is 12.4. The zero-order chi connectivity index (χ0) is 35.9. The number of alkyl halides is 17. The predicted molar refractivity (Wildman–Crippen MR) is 110 cm³/mol. The lowest BCUT2D eigenvalue weighted by Gasteiger charge is -2.53. The molecule has 43 heavy (non-hydrogen) atoms. The SMILES string of the molecule is CC(C)(C)C(F)(F)C(F)(F)C(C)(C)C(F)(OC(F)(F)C(F)(C(F)(F)F)C(C)(C)OC(F)(F)C(F)(F)S(=O)(=O)O)C(C)(F)F. The second-order valence-electron chi connectivity index (χ2n) is 11.4. The summed E-state index contributed by atoms with van der Waals surface area (Å²) >= 11 is 0. The number of halogens is 17. The van der Waals surface area contributed by atoms with Gasteiger partial charge >= 0.3 is 57.2 Å². The Labute approximate surface area is 232 Å². The monoisotopic (exact) mass is 700 g/mol. The van der Waals surface area contributed by atoms with Crippen molar-refractivity contribution >= 4 is 10.1 Å². The molecule has 0 amide bonds. The van der Waals surface area contributed by atoms with Crippen molar-refractivity contribution in [1.29, 1.82) is 0 Å². The molecule has 0 rings (SSSR count). The zero-order valence-corrected chi connectivity index (χ0v) is 23.7. The van der Waals surface area contributed by atoms with Crippen molar-refractivity contribution in [2.75, 3.05) is 0 Å². The molecule has 0 bridgehead atoms. The Morgan fingerprint density at radius 3 is 1.14 bits per heavy atom. The van der Waals surface area contributed by atoms with E-state index in [1.807, 2.05) is 0 Å². The molecule has 23 heteroatoms. The zero-order valence-electron chi connectivity index (χ0n) is 22.9. The van der Waals surface area contributed by atoms with Crippen LogP contribution < -0.4 is 0 Å². The highest BCUT2D eigenvalue weighted by Gasteiger charge is 2.87. The summed E-state index contributed by atoms with van der Waals surface area (Å²) in [4.78, 5) is 0. The average molecular weight is 700 g/mol. The van der Waals surface area contributed by atoms with Crippen molar-refractivity contribution in [1.82, 2.24) is 0 Å². The highest BCUT2D eigenvalue weighted by Crippen LogP contribution is 2.65. The number of hydrogen-bond donors (Lipinski definition) is 1. The normalized spacial score (nSPS) is 19.2. The van der Waals surface area contributed by atoms with E-state index in [0.717, 1.165) is 0 Å². The summed E-state index contributed by atoms with van der Waals surface area (Å²) in [6, 6.07) is 0. The van der Waals surface area contributed by atoms with Crippen molar-refractivity contribution in [3.63, 3.8) is 0 Å². The topological polar surface area (TPSA) is 72.8 Å². The first kappa shape index (κ1) is 41.6. The molecule has 0 fully saturated rings. The van der Waals surface area contributed by atoms with Crippen LogP contribution in [0, 0.1) is 10.8 Å². The van der Waals surface area contributed by atoms with Crippen molar-refractivity contribution in [3.8, 4) is 0 Å². The van der Waals surface area contributed by atoms with E-state index in [1.165, 1.54) is 0 Å². The minimum absolute atomic E-state index is 0.301. The van der Waals surface area contributed by atoms with Gasteiger partial charge in [-0.1, -0.05) is 20.8 Å². The lowest BCUT2D eigenvalue weighted by molar-refractivity contribution is -0.504. The Morgan fingerprint density at radius 2 is 0.884 bits per heavy atom. The van der Waals surface area contributed by atoms with Gasteiger partial charge in [0.15, 0.2) is 0 Å². The molecule has 0 aromatic heterocycles. The minimum Gasteiger partial charge on any atom is -0.304 e. The highest BCUT2D eigenvalue weighted by atomic mass is 32.2. The maximum atomic E-state index is 15.8. The summed E-state index contributed by atoms with van der Waals surface area (Å²) in [7, 11) is -7.40. The molecule has 2 unspecified atom stereocenters. The lowest BCUT2D eigenvalue weighted by atomic mass is 9.68. The van der Waals surface area contributed by atoms with Gasteiger partial charge in [-0.25, -0.2) is 17.6 Å². The highest BCUT2D eigenvalue weighted by molar-refractivity contribution is 7.86. The van der Waals surface area contributed by atoms with Crippen molar-refractivity contribution < 1.29 is 97.1 Å². The van der Waals surface area contributed by atoms with Crippen LogP contribution in [0.2, 0.25) is 0 Å². The van der Waals surface area contributed by atoms with E-state index in [2.05, 4.69) is 9.47 Å². The smallest absolute Gasteiger partial charge is 0.304 e. The lowest BCUT2D eigenvalue weighted by Crippen LogP contribution is -2.75. The molecule has 0 aliphatic carbocycles. The molecule has 0 aliphatic heterocycles. The Hall–Kier alpha value is -1.36. The summed E-state index contributed by atoms with van der Waals surface area (Å²) in [5.41, 5.74) is -20.9. The second-order valence-corrected chi connectivity index (χ2v) is 12.9. The van der Waals surface area contributed by atoms with Crippen LogP contribution in [-0.2, 0) is 19.6 Å². The molecule has 0 saturated carbocycles. The molecule has 5 nitrogen and oxygen atoms in total. The van der Waals surface area contributed by atoms with Gasteiger partial charge in [-0.05, 0) is 27.7 Å². The van der Waals surface area contributed by atoms with Gasteiger partial charge in [-0.15, -0.1) is 0 Å². The number of hydrogen-bond acceptors (Lipinski definition) is 4. The Morgan fingerprint density at radius 1 is 0.535 bits per heavy atom. The van der Waals surface area contributed by atoms with Crippen molar-refractivity contribution in [3.05, 3.63) is 0 Å². The summed E-state index contributed by atoms with van der Waals surface area (Å²) in [5, 5.41) is -7.04. The van der Waals surface area contributed by atoms with Gasteiger partial charge in [-0.3, -0.25) is 9.29 Å². The van der Waals surface area contributed by atoms with Crippen LogP contribution >= 0.6 is 0 Å². The van der Waals surface area contributed by atoms with Crippen LogP contribution in [0.1, 0.15) is 55.4 Å². The van der Waals surface area contributed by atoms with Crippen molar-refractivity contribution in [2.45, 2.75) is 114 Å². The van der Waals surface area contributed by atoms with Gasteiger partial charge in [0.05, 0.1) is 5.41 Å². The van der Waals surface area contributed by atoms with Gasteiger partial charge in [-0.2, -0.15) is 65.5 Å². The minimum atomic E-state index is -7.59. The van der Waals surface area contributed by atoms with Crippen LogP contribution in [0.25, 0.3) is 0 Å². The number of rotatable bonds is 12. The second kappa shape index (κ2) is 10.3. The van der Waals surface area contributed by atoms with Crippen LogP contribution in [0.15, 0.2) is 0 Å². The molecule has 0 radical (unpaired) electrons. The van der Waals surface area contributed by atoms with Gasteiger partial charge in [0.2, 0.25) is 0 Å². The average Bonchev–Trinajstić information content (AvgIpc) is 2.67. The predicted octanol–water partition coefficient (Wildman–Crippen LogP) is 8.40. The molecule has 0 aromatic carbocycles. The van der Waals surface area contributed by atoms with E-state index in [1.54, 1.807) is 0 Å². The molecular formula is C20H25F17O5S. The molecule has 0 saturated heterocycles. The number of ether oxygens (including phenoxy) is 2. The third-order valence-electron chi connectivity index (χ3n) is 6.43. The maximum absolute atomic E-state index is 15.8. The molecule has 1 N–H and O–H groups in total. The van der Waals surface area contributed by atoms with Crippen molar-refractivity contribution in [2.24, 2.45) is 10.8 Å². The first-order chi connectivity index (χ1) is 17.9. The van der Waals surface area contributed by atoms with Crippen LogP contribution in [0.4, 0.5) is 74.6 Å².